The Bertz CT molecular complexity index is 583. The van der Waals surface area contributed by atoms with E-state index in [2.05, 4.69) is 0 Å². The molecule has 2 aromatic rings. The number of benzene rings is 2. The Morgan fingerprint density at radius 1 is 1.15 bits per heavy atom. The van der Waals surface area contributed by atoms with E-state index in [0.717, 1.165) is 16.9 Å². The Labute approximate surface area is 118 Å². The van der Waals surface area contributed by atoms with Gasteiger partial charge in [0.05, 0.1) is 13.7 Å². The first-order valence-corrected chi connectivity index (χ1v) is 6.58. The van der Waals surface area contributed by atoms with Crippen molar-refractivity contribution in [2.75, 3.05) is 13.7 Å². The summed E-state index contributed by atoms with van der Waals surface area (Å²) in [5.41, 5.74) is 1.23. The Hall–Kier alpha value is -1.87. The quantitative estimate of drug-likeness (QED) is 0.906. The van der Waals surface area contributed by atoms with E-state index in [1.54, 1.807) is 13.2 Å². The molecule has 0 aromatic heterocycles. The molecule has 1 unspecified atom stereocenters. The summed E-state index contributed by atoms with van der Waals surface area (Å²) in [5.74, 6) is 0.491. The van der Waals surface area contributed by atoms with E-state index in [0.29, 0.717) is 6.42 Å². The van der Waals surface area contributed by atoms with Crippen LogP contribution in [0.15, 0.2) is 48.5 Å². The van der Waals surface area contributed by atoms with Gasteiger partial charge in [-0.15, -0.1) is 0 Å². The van der Waals surface area contributed by atoms with E-state index in [-0.39, 0.29) is 12.4 Å². The fourth-order valence-corrected chi connectivity index (χ4v) is 2.38. The normalized spacial score (nSPS) is 13.8. The van der Waals surface area contributed by atoms with Crippen LogP contribution in [-0.4, -0.2) is 18.8 Å². The maximum Gasteiger partial charge on any atom is 0.123 e. The second-order valence-corrected chi connectivity index (χ2v) is 5.22. The Balaban J connectivity index is 2.36. The van der Waals surface area contributed by atoms with Crippen molar-refractivity contribution in [3.05, 3.63) is 65.5 Å². The minimum atomic E-state index is -0.545. The molecular weight excluding hydrogens is 255 g/mol. The number of para-hydroxylation sites is 1. The highest BCUT2D eigenvalue weighted by Crippen LogP contribution is 2.31. The second-order valence-electron chi connectivity index (χ2n) is 5.22. The van der Waals surface area contributed by atoms with Crippen molar-refractivity contribution >= 4 is 0 Å². The van der Waals surface area contributed by atoms with E-state index < -0.39 is 5.41 Å². The molecule has 1 N–H and O–H groups in total. The van der Waals surface area contributed by atoms with Gasteiger partial charge in [0.15, 0.2) is 0 Å². The highest BCUT2D eigenvalue weighted by molar-refractivity contribution is 5.37. The van der Waals surface area contributed by atoms with Gasteiger partial charge in [-0.25, -0.2) is 4.39 Å². The molecule has 0 aliphatic carbocycles. The summed E-state index contributed by atoms with van der Waals surface area (Å²) in [5, 5.41) is 9.79. The number of rotatable bonds is 5. The lowest BCUT2D eigenvalue weighted by Crippen LogP contribution is -2.29. The molecule has 0 spiro atoms. The first kappa shape index (κ1) is 14.5. The van der Waals surface area contributed by atoms with E-state index >= 15 is 0 Å². The van der Waals surface area contributed by atoms with Gasteiger partial charge in [0, 0.05) is 5.41 Å². The molecule has 0 saturated carbocycles. The van der Waals surface area contributed by atoms with Crippen molar-refractivity contribution in [1.82, 2.24) is 0 Å². The molecule has 0 aliphatic rings. The lowest BCUT2D eigenvalue weighted by Gasteiger charge is -2.28. The maximum atomic E-state index is 13.4. The van der Waals surface area contributed by atoms with Crippen molar-refractivity contribution in [3.8, 4) is 5.75 Å². The number of hydrogen-bond donors (Lipinski definition) is 1. The minimum Gasteiger partial charge on any atom is -0.496 e. The van der Waals surface area contributed by atoms with Gasteiger partial charge < -0.3 is 9.84 Å². The lowest BCUT2D eigenvalue weighted by molar-refractivity contribution is 0.203. The van der Waals surface area contributed by atoms with Crippen molar-refractivity contribution < 1.29 is 14.2 Å². The van der Waals surface area contributed by atoms with Gasteiger partial charge in [-0.1, -0.05) is 37.3 Å². The summed E-state index contributed by atoms with van der Waals surface area (Å²) < 4.78 is 18.8. The standard InChI is InChI=1S/C17H19FO2/c1-17(12-19,14-7-5-8-15(18)10-14)11-13-6-3-4-9-16(13)20-2/h3-10,19H,11-12H2,1-2H3. The van der Waals surface area contributed by atoms with Crippen LogP contribution in [0.1, 0.15) is 18.1 Å². The fraction of sp³-hybridized carbons (Fsp3) is 0.294. The maximum absolute atomic E-state index is 13.4. The molecular formula is C17H19FO2. The molecule has 1 atom stereocenters. The van der Waals surface area contributed by atoms with Crippen LogP contribution in [0, 0.1) is 5.82 Å². The largest absolute Gasteiger partial charge is 0.496 e. The second kappa shape index (κ2) is 6.06. The van der Waals surface area contributed by atoms with Crippen LogP contribution in [0.4, 0.5) is 4.39 Å². The van der Waals surface area contributed by atoms with Gasteiger partial charge in [0.2, 0.25) is 0 Å². The molecule has 2 rings (SSSR count). The number of ether oxygens (including phenoxy) is 1. The molecule has 0 bridgehead atoms. The summed E-state index contributed by atoms with van der Waals surface area (Å²) >= 11 is 0. The van der Waals surface area contributed by atoms with Crippen LogP contribution in [0.3, 0.4) is 0 Å². The molecule has 20 heavy (non-hydrogen) atoms. The smallest absolute Gasteiger partial charge is 0.123 e. The Kier molecular flexibility index (Phi) is 4.40. The molecule has 2 nitrogen and oxygen atoms in total. The van der Waals surface area contributed by atoms with Crippen LogP contribution in [0.25, 0.3) is 0 Å². The minimum absolute atomic E-state index is 0.0610. The van der Waals surface area contributed by atoms with Gasteiger partial charge in [0.1, 0.15) is 11.6 Å². The van der Waals surface area contributed by atoms with Crippen LogP contribution < -0.4 is 4.74 Å². The van der Waals surface area contributed by atoms with Crippen LogP contribution >= 0.6 is 0 Å². The molecule has 0 saturated heterocycles. The predicted octanol–water partition coefficient (Wildman–Crippen LogP) is 3.33. The summed E-state index contributed by atoms with van der Waals surface area (Å²) in [6, 6.07) is 14.1. The summed E-state index contributed by atoms with van der Waals surface area (Å²) in [6.45, 7) is 1.86. The Morgan fingerprint density at radius 2 is 1.90 bits per heavy atom. The zero-order valence-electron chi connectivity index (χ0n) is 11.8. The van der Waals surface area contributed by atoms with Gasteiger partial charge in [-0.05, 0) is 35.7 Å². The molecule has 0 aliphatic heterocycles. The van der Waals surface area contributed by atoms with E-state index in [9.17, 15) is 9.50 Å². The highest BCUT2D eigenvalue weighted by atomic mass is 19.1. The first-order valence-electron chi connectivity index (χ1n) is 6.58. The van der Waals surface area contributed by atoms with Crippen LogP contribution in [-0.2, 0) is 11.8 Å². The van der Waals surface area contributed by atoms with Crippen molar-refractivity contribution in [2.24, 2.45) is 0 Å². The highest BCUT2D eigenvalue weighted by Gasteiger charge is 2.27. The topological polar surface area (TPSA) is 29.5 Å². The van der Waals surface area contributed by atoms with E-state index in [1.807, 2.05) is 37.3 Å². The zero-order valence-corrected chi connectivity index (χ0v) is 11.8. The van der Waals surface area contributed by atoms with Crippen LogP contribution in [0.5, 0.6) is 5.75 Å². The third kappa shape index (κ3) is 2.99. The van der Waals surface area contributed by atoms with Gasteiger partial charge in [0.25, 0.3) is 0 Å². The van der Waals surface area contributed by atoms with Crippen molar-refractivity contribution in [3.63, 3.8) is 0 Å². The third-order valence-corrected chi connectivity index (χ3v) is 3.64. The molecule has 0 fully saturated rings. The number of hydrogen-bond acceptors (Lipinski definition) is 2. The van der Waals surface area contributed by atoms with E-state index in [1.165, 1.54) is 12.1 Å². The molecule has 3 heteroatoms. The monoisotopic (exact) mass is 274 g/mol. The number of aliphatic hydroxyl groups excluding tert-OH is 1. The van der Waals surface area contributed by atoms with Crippen molar-refractivity contribution in [2.45, 2.75) is 18.8 Å². The van der Waals surface area contributed by atoms with E-state index in [4.69, 9.17) is 4.74 Å². The SMILES string of the molecule is COc1ccccc1CC(C)(CO)c1cccc(F)c1. The third-order valence-electron chi connectivity index (χ3n) is 3.64. The molecule has 2 aromatic carbocycles. The van der Waals surface area contributed by atoms with Gasteiger partial charge >= 0.3 is 0 Å². The van der Waals surface area contributed by atoms with Crippen LogP contribution in [0.2, 0.25) is 0 Å². The molecule has 0 amide bonds. The first-order chi connectivity index (χ1) is 9.59. The summed E-state index contributed by atoms with van der Waals surface area (Å²) in [7, 11) is 1.62. The molecule has 0 radical (unpaired) electrons. The number of aliphatic hydroxyl groups is 1. The number of halogens is 1. The fourth-order valence-electron chi connectivity index (χ4n) is 2.38. The van der Waals surface area contributed by atoms with Gasteiger partial charge in [-0.3, -0.25) is 0 Å². The predicted molar refractivity (Wildman–Crippen MR) is 77.5 cm³/mol. The average Bonchev–Trinajstić information content (AvgIpc) is 2.47. The lowest BCUT2D eigenvalue weighted by atomic mass is 9.78. The average molecular weight is 274 g/mol. The van der Waals surface area contributed by atoms with Gasteiger partial charge in [-0.2, -0.15) is 0 Å². The summed E-state index contributed by atoms with van der Waals surface area (Å²) in [6.07, 6.45) is 0.580. The zero-order chi connectivity index (χ0) is 14.6. The Morgan fingerprint density at radius 3 is 2.55 bits per heavy atom. The molecule has 0 heterocycles. The summed E-state index contributed by atoms with van der Waals surface area (Å²) in [4.78, 5) is 0. The molecule has 106 valence electrons. The van der Waals surface area contributed by atoms with Crippen molar-refractivity contribution in [1.29, 1.82) is 0 Å². The number of methoxy groups -OCH3 is 1.